The monoisotopic (exact) mass is 625 g/mol. The topological polar surface area (TPSA) is 71.3 Å². The molecule has 0 spiro atoms. The van der Waals surface area contributed by atoms with Crippen LogP contribution in [0.25, 0.3) is 11.1 Å². The number of aromatic nitrogens is 3. The first-order chi connectivity index (χ1) is 21.1. The number of benzene rings is 2. The van der Waals surface area contributed by atoms with Gasteiger partial charge in [0.05, 0.1) is 5.56 Å². The molecule has 4 aromatic rings. The van der Waals surface area contributed by atoms with E-state index in [1.54, 1.807) is 20.9 Å². The van der Waals surface area contributed by atoms with Crippen LogP contribution in [0.3, 0.4) is 0 Å². The van der Waals surface area contributed by atoms with Crippen LogP contribution in [0.5, 0.6) is 0 Å². The van der Waals surface area contributed by atoms with Gasteiger partial charge < -0.3 is 9.80 Å². The average molecular weight is 626 g/mol. The van der Waals surface area contributed by atoms with Gasteiger partial charge in [0.1, 0.15) is 18.1 Å². The number of carbonyl (C=O) groups is 1. The molecule has 44 heavy (non-hydrogen) atoms. The summed E-state index contributed by atoms with van der Waals surface area (Å²) in [6.07, 6.45) is -2.79. The van der Waals surface area contributed by atoms with E-state index in [0.29, 0.717) is 56.0 Å². The van der Waals surface area contributed by atoms with Gasteiger partial charge in [-0.15, -0.1) is 0 Å². The summed E-state index contributed by atoms with van der Waals surface area (Å²) in [5.74, 6) is 0.345. The Labute approximate surface area is 260 Å². The number of halogens is 3. The fourth-order valence-corrected chi connectivity index (χ4v) is 5.61. The molecule has 4 rings (SSSR count). The van der Waals surface area contributed by atoms with Gasteiger partial charge in [0.15, 0.2) is 0 Å². The summed E-state index contributed by atoms with van der Waals surface area (Å²) in [7, 11) is 0. The fraction of sp³-hybridized carbons (Fsp3) is 0.394. The van der Waals surface area contributed by atoms with Gasteiger partial charge in [0.2, 0.25) is 5.91 Å². The first-order valence-corrected chi connectivity index (χ1v) is 15.8. The summed E-state index contributed by atoms with van der Waals surface area (Å²) in [6, 6.07) is 14.6. The van der Waals surface area contributed by atoms with Crippen molar-refractivity contribution in [2.24, 2.45) is 0 Å². The molecule has 2 heterocycles. The van der Waals surface area contributed by atoms with Crippen molar-refractivity contribution in [3.05, 3.63) is 104 Å². The van der Waals surface area contributed by atoms with Crippen LogP contribution < -0.4 is 5.56 Å². The normalized spacial score (nSPS) is 11.7. The van der Waals surface area contributed by atoms with Crippen molar-refractivity contribution in [2.75, 3.05) is 26.2 Å². The molecule has 0 bridgehead atoms. The van der Waals surface area contributed by atoms with E-state index in [0.717, 1.165) is 41.9 Å². The van der Waals surface area contributed by atoms with Gasteiger partial charge in [0, 0.05) is 26.1 Å². The number of rotatable bonds is 14. The number of hydrogen-bond donors (Lipinski definition) is 0. The summed E-state index contributed by atoms with van der Waals surface area (Å²) in [6.45, 7) is 9.23. The Kier molecular flexibility index (Phi) is 11.5. The molecule has 0 fully saturated rings. The number of nitrogens with zero attached hydrogens (tertiary/aromatic N) is 5. The molecule has 234 valence electrons. The minimum Gasteiger partial charge on any atom is -0.335 e. The molecule has 0 aliphatic heterocycles. The Bertz CT molecular complexity index is 1550. The molecule has 11 heteroatoms. The van der Waals surface area contributed by atoms with E-state index in [1.807, 2.05) is 42.6 Å². The third-order valence-electron chi connectivity index (χ3n) is 7.66. The Morgan fingerprint density at radius 1 is 0.886 bits per heavy atom. The molecular formula is C33H38F3N5O2S. The molecule has 2 aromatic heterocycles. The Morgan fingerprint density at radius 2 is 1.55 bits per heavy atom. The maximum atomic E-state index is 13.8. The minimum absolute atomic E-state index is 0.0405. The SMILES string of the molecule is CCc1nn(CC(=O)N(CCN(CC)CC)Cc2ccc(-c3ccc(C(F)(F)F)cc3)cc2)c(CCc2ccsc2)nc1=O. The van der Waals surface area contributed by atoms with Crippen LogP contribution in [0, 0.1) is 0 Å². The van der Waals surface area contributed by atoms with Gasteiger partial charge in [-0.2, -0.15) is 34.6 Å². The number of aryl methyl sites for hydroxylation is 3. The van der Waals surface area contributed by atoms with Gasteiger partial charge in [-0.05, 0) is 77.1 Å². The number of alkyl halides is 3. The van der Waals surface area contributed by atoms with Crippen LogP contribution in [-0.2, 0) is 43.3 Å². The van der Waals surface area contributed by atoms with Gasteiger partial charge in [-0.1, -0.05) is 57.2 Å². The van der Waals surface area contributed by atoms with E-state index in [-0.39, 0.29) is 18.0 Å². The van der Waals surface area contributed by atoms with Crippen molar-refractivity contribution in [1.29, 1.82) is 0 Å². The number of thiophene rings is 1. The predicted octanol–water partition coefficient (Wildman–Crippen LogP) is 6.10. The minimum atomic E-state index is -4.38. The summed E-state index contributed by atoms with van der Waals surface area (Å²) >= 11 is 1.61. The van der Waals surface area contributed by atoms with Crippen molar-refractivity contribution in [2.45, 2.75) is 59.3 Å². The van der Waals surface area contributed by atoms with Crippen LogP contribution in [0.2, 0.25) is 0 Å². The third-order valence-corrected chi connectivity index (χ3v) is 8.39. The molecule has 0 aliphatic rings. The van der Waals surface area contributed by atoms with Crippen LogP contribution in [-0.4, -0.2) is 56.7 Å². The highest BCUT2D eigenvalue weighted by molar-refractivity contribution is 7.07. The maximum absolute atomic E-state index is 13.8. The van der Waals surface area contributed by atoms with Crippen LogP contribution in [0.1, 0.15) is 49.0 Å². The van der Waals surface area contributed by atoms with Crippen molar-refractivity contribution in [3.8, 4) is 11.1 Å². The van der Waals surface area contributed by atoms with E-state index in [2.05, 4.69) is 34.2 Å². The second-order valence-corrected chi connectivity index (χ2v) is 11.3. The lowest BCUT2D eigenvalue weighted by Crippen LogP contribution is -2.41. The molecule has 0 aliphatic carbocycles. The van der Waals surface area contributed by atoms with Crippen LogP contribution in [0.15, 0.2) is 70.2 Å². The molecule has 1 amide bonds. The van der Waals surface area contributed by atoms with Gasteiger partial charge in [0.25, 0.3) is 5.56 Å². The van der Waals surface area contributed by atoms with Crippen molar-refractivity contribution >= 4 is 17.2 Å². The molecule has 0 atom stereocenters. The molecule has 2 aromatic carbocycles. The molecule has 0 radical (unpaired) electrons. The summed E-state index contributed by atoms with van der Waals surface area (Å²) < 4.78 is 40.5. The first-order valence-electron chi connectivity index (χ1n) is 14.9. The average Bonchev–Trinajstić information content (AvgIpc) is 3.54. The summed E-state index contributed by atoms with van der Waals surface area (Å²) in [5, 5.41) is 8.59. The van der Waals surface area contributed by atoms with Gasteiger partial charge >= 0.3 is 6.18 Å². The quantitative estimate of drug-likeness (QED) is 0.169. The highest BCUT2D eigenvalue weighted by Crippen LogP contribution is 2.31. The summed E-state index contributed by atoms with van der Waals surface area (Å²) in [5.41, 5.74) is 2.78. The fourth-order valence-electron chi connectivity index (χ4n) is 4.91. The van der Waals surface area contributed by atoms with Crippen molar-refractivity contribution < 1.29 is 18.0 Å². The Balaban J connectivity index is 1.54. The lowest BCUT2D eigenvalue weighted by molar-refractivity contribution is -0.137. The van der Waals surface area contributed by atoms with Crippen molar-refractivity contribution in [3.63, 3.8) is 0 Å². The van der Waals surface area contributed by atoms with Gasteiger partial charge in [-0.3, -0.25) is 9.59 Å². The number of amides is 1. The molecule has 0 unspecified atom stereocenters. The van der Waals surface area contributed by atoms with Gasteiger partial charge in [-0.25, -0.2) is 4.68 Å². The Morgan fingerprint density at radius 3 is 2.11 bits per heavy atom. The zero-order chi connectivity index (χ0) is 31.7. The highest BCUT2D eigenvalue weighted by atomic mass is 32.1. The number of carbonyl (C=O) groups excluding carboxylic acids is 1. The lowest BCUT2D eigenvalue weighted by atomic mass is 10.0. The van der Waals surface area contributed by atoms with E-state index in [9.17, 15) is 22.8 Å². The Hall–Kier alpha value is -3.83. The standard InChI is InChI=1S/C33H38F3N5O2S/c1-4-29-32(43)37-30(16-9-25-17-20-44-23-25)41(38-29)22-31(42)40(19-18-39(5-2)6-3)21-24-7-10-26(11-8-24)27-12-14-28(15-13-27)33(34,35)36/h7-8,10-15,17,20,23H,4-6,9,16,18-19,21-22H2,1-3H3. The third kappa shape index (κ3) is 8.86. The van der Waals surface area contributed by atoms with Crippen LogP contribution in [0.4, 0.5) is 13.2 Å². The largest absolute Gasteiger partial charge is 0.416 e. The highest BCUT2D eigenvalue weighted by Gasteiger charge is 2.30. The lowest BCUT2D eigenvalue weighted by Gasteiger charge is -2.27. The second-order valence-electron chi connectivity index (χ2n) is 10.5. The number of hydrogen-bond acceptors (Lipinski definition) is 6. The maximum Gasteiger partial charge on any atom is 0.416 e. The molecule has 7 nitrogen and oxygen atoms in total. The first kappa shape index (κ1) is 33.1. The predicted molar refractivity (Wildman–Crippen MR) is 167 cm³/mol. The smallest absolute Gasteiger partial charge is 0.335 e. The van der Waals surface area contributed by atoms with E-state index >= 15 is 0 Å². The zero-order valence-corrected chi connectivity index (χ0v) is 26.1. The van der Waals surface area contributed by atoms with Crippen LogP contribution >= 0.6 is 11.3 Å². The molecule has 0 saturated heterocycles. The van der Waals surface area contributed by atoms with E-state index in [4.69, 9.17) is 0 Å². The second kappa shape index (κ2) is 15.3. The molecule has 0 saturated carbocycles. The molecular weight excluding hydrogens is 587 g/mol. The summed E-state index contributed by atoms with van der Waals surface area (Å²) in [4.78, 5) is 34.7. The number of likely N-dealkylation sites (N-methyl/N-ethyl adjacent to an activating group) is 1. The van der Waals surface area contributed by atoms with E-state index < -0.39 is 11.7 Å². The van der Waals surface area contributed by atoms with Crippen molar-refractivity contribution in [1.82, 2.24) is 24.6 Å². The molecule has 0 N–H and O–H groups in total. The van der Waals surface area contributed by atoms with E-state index in [1.165, 1.54) is 12.1 Å². The zero-order valence-electron chi connectivity index (χ0n) is 25.3.